The Bertz CT molecular complexity index is 233. The highest BCUT2D eigenvalue weighted by atomic mass is 16.5. The molecule has 0 bridgehead atoms. The molecule has 0 aliphatic heterocycles. The van der Waals surface area contributed by atoms with Gasteiger partial charge in [-0.15, -0.1) is 0 Å². The fourth-order valence-electron chi connectivity index (χ4n) is 1.79. The molecule has 6 heteroatoms. The maximum Gasteiger partial charge on any atom is 0.0809 e. The Balaban J connectivity index is 3.65. The van der Waals surface area contributed by atoms with Gasteiger partial charge in [-0.3, -0.25) is 0 Å². The van der Waals surface area contributed by atoms with Crippen LogP contribution in [0.3, 0.4) is 0 Å². The van der Waals surface area contributed by atoms with Crippen LogP contribution < -0.4 is 5.73 Å². The molecular weight excluding hydrogens is 244 g/mol. The van der Waals surface area contributed by atoms with Crippen LogP contribution in [0.25, 0.3) is 10.4 Å². The lowest BCUT2D eigenvalue weighted by Gasteiger charge is -2.17. The predicted octanol–water partition coefficient (Wildman–Crippen LogP) is 3.02. The number of rotatable bonds is 14. The Labute approximate surface area is 116 Å². The first-order valence-electron chi connectivity index (χ1n) is 7.25. The van der Waals surface area contributed by atoms with Crippen LogP contribution in [-0.2, 0) is 9.47 Å². The van der Waals surface area contributed by atoms with E-state index in [4.69, 9.17) is 20.7 Å². The molecule has 0 heterocycles. The summed E-state index contributed by atoms with van der Waals surface area (Å²) in [7, 11) is 0. The van der Waals surface area contributed by atoms with Gasteiger partial charge in [0.2, 0.25) is 0 Å². The number of nitrogens with zero attached hydrogens (tertiary/aromatic N) is 3. The van der Waals surface area contributed by atoms with E-state index < -0.39 is 0 Å². The van der Waals surface area contributed by atoms with Gasteiger partial charge < -0.3 is 15.2 Å². The molecule has 0 fully saturated rings. The van der Waals surface area contributed by atoms with Crippen LogP contribution in [0.2, 0.25) is 0 Å². The molecule has 1 atom stereocenters. The molecule has 6 nitrogen and oxygen atoms in total. The summed E-state index contributed by atoms with van der Waals surface area (Å²) >= 11 is 0. The summed E-state index contributed by atoms with van der Waals surface area (Å²) in [6.07, 6.45) is 7.37. The summed E-state index contributed by atoms with van der Waals surface area (Å²) in [6, 6.07) is 0. The van der Waals surface area contributed by atoms with E-state index in [1.54, 1.807) is 0 Å². The van der Waals surface area contributed by atoms with Crippen molar-refractivity contribution >= 4 is 0 Å². The van der Waals surface area contributed by atoms with Crippen molar-refractivity contribution in [1.29, 1.82) is 0 Å². The van der Waals surface area contributed by atoms with Gasteiger partial charge in [-0.1, -0.05) is 44.1 Å². The second-order valence-corrected chi connectivity index (χ2v) is 4.51. The standard InChI is InChI=1S/C13H28N4O2/c1-2-3-4-5-6-7-13(19-10-8-14)12-18-11-9-16-17-15/h13H,2-12,14H2,1H3. The van der Waals surface area contributed by atoms with Crippen LogP contribution in [0.4, 0.5) is 0 Å². The summed E-state index contributed by atoms with van der Waals surface area (Å²) in [4.78, 5) is 2.68. The molecule has 0 saturated heterocycles. The third-order valence-electron chi connectivity index (χ3n) is 2.80. The van der Waals surface area contributed by atoms with E-state index in [-0.39, 0.29) is 6.10 Å². The summed E-state index contributed by atoms with van der Waals surface area (Å²) < 4.78 is 11.1. The van der Waals surface area contributed by atoms with Gasteiger partial charge in [0.05, 0.1) is 25.9 Å². The van der Waals surface area contributed by atoms with Crippen molar-refractivity contribution in [2.24, 2.45) is 10.8 Å². The fourth-order valence-corrected chi connectivity index (χ4v) is 1.79. The second-order valence-electron chi connectivity index (χ2n) is 4.51. The van der Waals surface area contributed by atoms with E-state index >= 15 is 0 Å². The van der Waals surface area contributed by atoms with Crippen molar-refractivity contribution in [3.8, 4) is 0 Å². The van der Waals surface area contributed by atoms with Crippen molar-refractivity contribution in [3.63, 3.8) is 0 Å². The average molecular weight is 272 g/mol. The lowest BCUT2D eigenvalue weighted by atomic mass is 10.1. The number of ether oxygens (including phenoxy) is 2. The minimum absolute atomic E-state index is 0.108. The maximum atomic E-state index is 8.14. The van der Waals surface area contributed by atoms with Gasteiger partial charge in [0.1, 0.15) is 0 Å². The van der Waals surface area contributed by atoms with Crippen molar-refractivity contribution in [3.05, 3.63) is 10.4 Å². The number of nitrogens with two attached hydrogens (primary N) is 1. The maximum absolute atomic E-state index is 8.14. The normalized spacial score (nSPS) is 12.1. The smallest absolute Gasteiger partial charge is 0.0809 e. The molecule has 0 aromatic heterocycles. The van der Waals surface area contributed by atoms with E-state index in [0.29, 0.717) is 32.9 Å². The van der Waals surface area contributed by atoms with E-state index in [0.717, 1.165) is 12.8 Å². The van der Waals surface area contributed by atoms with Crippen molar-refractivity contribution in [2.75, 3.05) is 32.9 Å². The van der Waals surface area contributed by atoms with E-state index in [1.807, 2.05) is 0 Å². The zero-order chi connectivity index (χ0) is 14.2. The second kappa shape index (κ2) is 15.2. The average Bonchev–Trinajstić information content (AvgIpc) is 2.43. The Morgan fingerprint density at radius 1 is 1.21 bits per heavy atom. The van der Waals surface area contributed by atoms with Gasteiger partial charge in [-0.05, 0) is 12.0 Å². The predicted molar refractivity (Wildman–Crippen MR) is 77.0 cm³/mol. The van der Waals surface area contributed by atoms with Gasteiger partial charge >= 0.3 is 0 Å². The van der Waals surface area contributed by atoms with Gasteiger partial charge in [-0.2, -0.15) is 0 Å². The molecule has 0 aromatic rings. The lowest BCUT2D eigenvalue weighted by Crippen LogP contribution is -2.24. The quantitative estimate of drug-likeness (QED) is 0.228. The molecule has 0 aliphatic rings. The fraction of sp³-hybridized carbons (Fsp3) is 1.00. The number of hydrogen-bond donors (Lipinski definition) is 1. The SMILES string of the molecule is CCCCCCCC(COCCN=[N+]=[N-])OCCN. The molecule has 112 valence electrons. The van der Waals surface area contributed by atoms with Crippen LogP contribution in [0.5, 0.6) is 0 Å². The summed E-state index contributed by atoms with van der Waals surface area (Å²) in [5.74, 6) is 0. The number of hydrogen-bond acceptors (Lipinski definition) is 4. The highest BCUT2D eigenvalue weighted by Crippen LogP contribution is 2.10. The topological polar surface area (TPSA) is 93.2 Å². The Hall–Kier alpha value is -0.810. The molecule has 0 spiro atoms. The molecule has 0 saturated carbocycles. The minimum atomic E-state index is 0.108. The number of unbranched alkanes of at least 4 members (excludes halogenated alkanes) is 4. The molecular formula is C13H28N4O2. The van der Waals surface area contributed by atoms with Crippen LogP contribution in [0.15, 0.2) is 5.11 Å². The third-order valence-corrected chi connectivity index (χ3v) is 2.80. The summed E-state index contributed by atoms with van der Waals surface area (Å²) in [5, 5.41) is 3.42. The van der Waals surface area contributed by atoms with Crippen LogP contribution in [0.1, 0.15) is 45.4 Å². The Morgan fingerprint density at radius 2 is 2.00 bits per heavy atom. The van der Waals surface area contributed by atoms with E-state index in [1.165, 1.54) is 25.7 Å². The molecule has 0 aliphatic carbocycles. The van der Waals surface area contributed by atoms with Crippen LogP contribution in [-0.4, -0.2) is 39.0 Å². The lowest BCUT2D eigenvalue weighted by molar-refractivity contribution is -0.0167. The first-order chi connectivity index (χ1) is 9.35. The molecule has 0 radical (unpaired) electrons. The third kappa shape index (κ3) is 13.4. The molecule has 0 aromatic carbocycles. The number of azide groups is 1. The molecule has 19 heavy (non-hydrogen) atoms. The van der Waals surface area contributed by atoms with Crippen LogP contribution in [0, 0.1) is 0 Å². The summed E-state index contributed by atoms with van der Waals surface area (Å²) in [5.41, 5.74) is 13.6. The Morgan fingerprint density at radius 3 is 2.68 bits per heavy atom. The van der Waals surface area contributed by atoms with E-state index in [9.17, 15) is 0 Å². The van der Waals surface area contributed by atoms with Crippen molar-refractivity contribution in [1.82, 2.24) is 0 Å². The first-order valence-corrected chi connectivity index (χ1v) is 7.25. The molecule has 2 N–H and O–H groups in total. The molecule has 0 rings (SSSR count). The largest absolute Gasteiger partial charge is 0.379 e. The van der Waals surface area contributed by atoms with Crippen LogP contribution >= 0.6 is 0 Å². The highest BCUT2D eigenvalue weighted by Gasteiger charge is 2.08. The zero-order valence-electron chi connectivity index (χ0n) is 12.1. The summed E-state index contributed by atoms with van der Waals surface area (Å²) in [6.45, 7) is 4.68. The molecule has 0 amide bonds. The van der Waals surface area contributed by atoms with E-state index in [2.05, 4.69) is 16.9 Å². The monoisotopic (exact) mass is 272 g/mol. The van der Waals surface area contributed by atoms with Gasteiger partial charge in [0.15, 0.2) is 0 Å². The van der Waals surface area contributed by atoms with Gasteiger partial charge in [0.25, 0.3) is 0 Å². The van der Waals surface area contributed by atoms with Crippen molar-refractivity contribution < 1.29 is 9.47 Å². The molecule has 1 unspecified atom stereocenters. The van der Waals surface area contributed by atoms with Gasteiger partial charge in [-0.25, -0.2) is 0 Å². The minimum Gasteiger partial charge on any atom is -0.379 e. The highest BCUT2D eigenvalue weighted by molar-refractivity contribution is 4.59. The zero-order valence-corrected chi connectivity index (χ0v) is 12.1. The Kier molecular flexibility index (Phi) is 14.6. The first kappa shape index (κ1) is 18.2. The van der Waals surface area contributed by atoms with Crippen molar-refractivity contribution in [2.45, 2.75) is 51.6 Å². The van der Waals surface area contributed by atoms with Gasteiger partial charge in [0, 0.05) is 18.0 Å².